The van der Waals surface area contributed by atoms with Crippen molar-refractivity contribution in [3.05, 3.63) is 34.3 Å². The molecule has 0 N–H and O–H groups in total. The largest absolute Gasteiger partial charge is 0.456 e. The van der Waals surface area contributed by atoms with Crippen LogP contribution in [0.1, 0.15) is 44.0 Å². The Morgan fingerprint density at radius 2 is 1.96 bits per heavy atom. The third kappa shape index (κ3) is 4.26. The van der Waals surface area contributed by atoms with Gasteiger partial charge in [-0.1, -0.05) is 28.1 Å². The number of Topliss-reactive ketones (excluding diaryl/α,β-unsaturated/α-hetero) is 1. The van der Waals surface area contributed by atoms with E-state index < -0.39 is 23.7 Å². The van der Waals surface area contributed by atoms with Gasteiger partial charge in [-0.15, -0.1) is 0 Å². The molecule has 2 fully saturated rings. The zero-order valence-corrected chi connectivity index (χ0v) is 16.6. The van der Waals surface area contributed by atoms with E-state index in [4.69, 9.17) is 9.47 Å². The number of nitrogens with zero attached hydrogens (tertiary/aromatic N) is 1. The van der Waals surface area contributed by atoms with Gasteiger partial charge in [0.1, 0.15) is 11.6 Å². The fourth-order valence-electron chi connectivity index (χ4n) is 3.22. The molecule has 0 radical (unpaired) electrons. The summed E-state index contributed by atoms with van der Waals surface area (Å²) >= 11 is 3.31. The number of carbonyl (C=O) groups is 3. The van der Waals surface area contributed by atoms with Crippen LogP contribution >= 0.6 is 15.9 Å². The van der Waals surface area contributed by atoms with Gasteiger partial charge >= 0.3 is 12.1 Å². The number of benzene rings is 1. The van der Waals surface area contributed by atoms with E-state index in [1.807, 2.05) is 6.07 Å². The number of hydrogen-bond acceptors (Lipinski definition) is 5. The molecule has 3 atom stereocenters. The molecule has 0 aromatic heterocycles. The molecule has 7 heteroatoms. The van der Waals surface area contributed by atoms with Crippen molar-refractivity contribution in [3.8, 4) is 0 Å². The first-order chi connectivity index (χ1) is 12.2. The van der Waals surface area contributed by atoms with Gasteiger partial charge in [-0.25, -0.2) is 9.59 Å². The minimum atomic E-state index is -0.677. The first-order valence-electron chi connectivity index (χ1n) is 8.62. The van der Waals surface area contributed by atoms with E-state index in [9.17, 15) is 14.4 Å². The zero-order valence-electron chi connectivity index (χ0n) is 15.0. The molecule has 2 aliphatic rings. The van der Waals surface area contributed by atoms with Crippen molar-refractivity contribution in [1.29, 1.82) is 0 Å². The lowest BCUT2D eigenvalue weighted by Crippen LogP contribution is -2.46. The number of amides is 1. The van der Waals surface area contributed by atoms with Crippen LogP contribution in [0.5, 0.6) is 0 Å². The van der Waals surface area contributed by atoms with Gasteiger partial charge in [0.25, 0.3) is 0 Å². The molecule has 26 heavy (non-hydrogen) atoms. The molecule has 1 heterocycles. The summed E-state index contributed by atoms with van der Waals surface area (Å²) in [5, 5.41) is 0. The van der Waals surface area contributed by atoms with E-state index in [-0.39, 0.29) is 18.4 Å². The Hall–Kier alpha value is -1.89. The Morgan fingerprint density at radius 1 is 1.23 bits per heavy atom. The highest BCUT2D eigenvalue weighted by molar-refractivity contribution is 9.10. The Labute approximate surface area is 161 Å². The highest BCUT2D eigenvalue weighted by atomic mass is 79.9. The number of ether oxygens (including phenoxy) is 2. The van der Waals surface area contributed by atoms with Gasteiger partial charge in [-0.05, 0) is 51.7 Å². The van der Waals surface area contributed by atoms with Crippen molar-refractivity contribution >= 4 is 33.8 Å². The second-order valence-corrected chi connectivity index (χ2v) is 8.66. The van der Waals surface area contributed by atoms with Gasteiger partial charge in [-0.3, -0.25) is 9.69 Å². The van der Waals surface area contributed by atoms with Gasteiger partial charge in [0.15, 0.2) is 12.4 Å². The lowest BCUT2D eigenvalue weighted by Gasteiger charge is -2.29. The summed E-state index contributed by atoms with van der Waals surface area (Å²) in [5.74, 6) is -0.515. The number of ketones is 1. The first kappa shape index (κ1) is 18.9. The molecule has 3 rings (SSSR count). The van der Waals surface area contributed by atoms with Crippen LogP contribution in [0.4, 0.5) is 4.79 Å². The van der Waals surface area contributed by atoms with Crippen molar-refractivity contribution in [2.45, 2.75) is 51.3 Å². The predicted octanol–water partition coefficient (Wildman–Crippen LogP) is 3.57. The highest BCUT2D eigenvalue weighted by Gasteiger charge is 2.57. The fraction of sp³-hybridized carbons (Fsp3) is 0.526. The Bertz CT molecular complexity index is 742. The Balaban J connectivity index is 1.60. The maximum atomic E-state index is 12.5. The molecule has 1 aromatic carbocycles. The molecule has 140 valence electrons. The van der Waals surface area contributed by atoms with E-state index in [1.54, 1.807) is 39.0 Å². The third-order valence-electron chi connectivity index (χ3n) is 4.47. The first-order valence-corrected chi connectivity index (χ1v) is 9.42. The molecule has 1 aliphatic carbocycles. The number of halogens is 1. The van der Waals surface area contributed by atoms with E-state index in [1.165, 1.54) is 4.90 Å². The average molecular weight is 424 g/mol. The molecular weight excluding hydrogens is 402 g/mol. The second kappa shape index (κ2) is 7.02. The molecule has 1 aromatic rings. The lowest BCUT2D eigenvalue weighted by molar-refractivity contribution is -0.148. The van der Waals surface area contributed by atoms with Crippen LogP contribution in [0.25, 0.3) is 0 Å². The van der Waals surface area contributed by atoms with Crippen LogP contribution in [0, 0.1) is 5.92 Å². The summed E-state index contributed by atoms with van der Waals surface area (Å²) in [4.78, 5) is 38.6. The highest BCUT2D eigenvalue weighted by Crippen LogP contribution is 2.48. The minimum absolute atomic E-state index is 0.0446. The SMILES string of the molecule is CC(C)(C)OC(=O)N1[C@@H]2C[C@@H]2C[C@H]1C(=O)OCC(=O)c1cccc(Br)c1. The number of esters is 1. The normalized spacial score (nSPS) is 24.0. The molecule has 1 saturated heterocycles. The van der Waals surface area contributed by atoms with Crippen LogP contribution in [-0.4, -0.2) is 47.0 Å². The predicted molar refractivity (Wildman–Crippen MR) is 97.8 cm³/mol. The van der Waals surface area contributed by atoms with E-state index in [0.29, 0.717) is 17.9 Å². The number of carbonyl (C=O) groups excluding carboxylic acids is 3. The summed E-state index contributed by atoms with van der Waals surface area (Å²) in [5.41, 5.74) is -0.166. The minimum Gasteiger partial charge on any atom is -0.456 e. The van der Waals surface area contributed by atoms with Crippen molar-refractivity contribution in [2.75, 3.05) is 6.61 Å². The van der Waals surface area contributed by atoms with Gasteiger partial charge in [0.05, 0.1) is 0 Å². The van der Waals surface area contributed by atoms with Gasteiger partial charge in [-0.2, -0.15) is 0 Å². The zero-order chi connectivity index (χ0) is 19.1. The molecular formula is C19H22BrNO5. The molecule has 0 bridgehead atoms. The summed E-state index contributed by atoms with van der Waals surface area (Å²) in [6.07, 6.45) is 0.955. The van der Waals surface area contributed by atoms with Crippen molar-refractivity contribution in [2.24, 2.45) is 5.92 Å². The van der Waals surface area contributed by atoms with Crippen molar-refractivity contribution < 1.29 is 23.9 Å². The molecule has 1 amide bonds. The fourth-order valence-corrected chi connectivity index (χ4v) is 3.62. The smallest absolute Gasteiger partial charge is 0.411 e. The van der Waals surface area contributed by atoms with Crippen LogP contribution in [0.15, 0.2) is 28.7 Å². The summed E-state index contributed by atoms with van der Waals surface area (Å²) < 4.78 is 11.4. The summed E-state index contributed by atoms with van der Waals surface area (Å²) in [7, 11) is 0. The molecule has 0 spiro atoms. The maximum Gasteiger partial charge on any atom is 0.411 e. The number of fused-ring (bicyclic) bond motifs is 1. The second-order valence-electron chi connectivity index (χ2n) is 7.74. The lowest BCUT2D eigenvalue weighted by atomic mass is 10.1. The topological polar surface area (TPSA) is 72.9 Å². The molecule has 1 aliphatic heterocycles. The van der Waals surface area contributed by atoms with E-state index in [2.05, 4.69) is 15.9 Å². The van der Waals surface area contributed by atoms with E-state index in [0.717, 1.165) is 10.9 Å². The van der Waals surface area contributed by atoms with Crippen LogP contribution in [-0.2, 0) is 14.3 Å². The van der Waals surface area contributed by atoms with E-state index >= 15 is 0 Å². The van der Waals surface area contributed by atoms with Crippen LogP contribution in [0.3, 0.4) is 0 Å². The maximum absolute atomic E-state index is 12.5. The number of piperidine rings is 1. The van der Waals surface area contributed by atoms with Crippen molar-refractivity contribution in [3.63, 3.8) is 0 Å². The molecule has 0 unspecified atom stereocenters. The number of likely N-dealkylation sites (tertiary alicyclic amines) is 1. The van der Waals surface area contributed by atoms with Gasteiger partial charge in [0.2, 0.25) is 0 Å². The Morgan fingerprint density at radius 3 is 2.62 bits per heavy atom. The standard InChI is InChI=1S/C19H22BrNO5/c1-19(2,3)26-18(24)21-14-8-12(14)9-15(21)17(23)25-10-16(22)11-5-4-6-13(20)7-11/h4-7,12,14-15H,8-10H2,1-3H3/t12-,14-,15+/m1/s1. The third-order valence-corrected chi connectivity index (χ3v) is 4.97. The number of rotatable bonds is 4. The van der Waals surface area contributed by atoms with Gasteiger partial charge < -0.3 is 9.47 Å². The monoisotopic (exact) mass is 423 g/mol. The summed E-state index contributed by atoms with van der Waals surface area (Å²) in [6, 6.07) is 6.26. The summed E-state index contributed by atoms with van der Waals surface area (Å²) in [6.45, 7) is 5.02. The molecule has 1 saturated carbocycles. The number of hydrogen-bond donors (Lipinski definition) is 0. The van der Waals surface area contributed by atoms with Crippen LogP contribution in [0.2, 0.25) is 0 Å². The van der Waals surface area contributed by atoms with Gasteiger partial charge in [0, 0.05) is 16.1 Å². The van der Waals surface area contributed by atoms with Crippen molar-refractivity contribution in [1.82, 2.24) is 4.90 Å². The average Bonchev–Trinajstić information content (AvgIpc) is 3.20. The van der Waals surface area contributed by atoms with Crippen LogP contribution < -0.4 is 0 Å². The Kier molecular flexibility index (Phi) is 5.10. The quantitative estimate of drug-likeness (QED) is 0.546. The molecule has 6 nitrogen and oxygen atoms in total.